The Morgan fingerprint density at radius 2 is 2.06 bits per heavy atom. The normalized spacial score (nSPS) is 18.8. The molecule has 0 aliphatic heterocycles. The molecule has 94 valence electrons. The summed E-state index contributed by atoms with van der Waals surface area (Å²) < 4.78 is 0. The molecule has 0 radical (unpaired) electrons. The van der Waals surface area contributed by atoms with Gasteiger partial charge in [-0.1, -0.05) is 30.9 Å². The Balaban J connectivity index is 2.16. The number of hydrazine groups is 1. The smallest absolute Gasteiger partial charge is 0.239 e. The molecule has 0 amide bonds. The van der Waals surface area contributed by atoms with Crippen LogP contribution in [0, 0.1) is 0 Å². The van der Waals surface area contributed by atoms with E-state index in [4.69, 9.17) is 17.4 Å². The summed E-state index contributed by atoms with van der Waals surface area (Å²) in [6, 6.07) is 0. The summed E-state index contributed by atoms with van der Waals surface area (Å²) in [7, 11) is 0. The predicted octanol–water partition coefficient (Wildman–Crippen LogP) is 2.55. The third kappa shape index (κ3) is 2.98. The number of hydrogen-bond acceptors (Lipinski definition) is 5. The van der Waals surface area contributed by atoms with Crippen molar-refractivity contribution in [1.82, 2.24) is 9.97 Å². The average Bonchev–Trinajstić information content (AvgIpc) is 2.33. The maximum absolute atomic E-state index is 6.08. The Hall–Kier alpha value is -1.07. The number of nitrogens with two attached hydrogens (primary N) is 1. The second-order valence-corrected chi connectivity index (χ2v) is 5.19. The summed E-state index contributed by atoms with van der Waals surface area (Å²) in [4.78, 5) is 8.19. The number of halogens is 1. The Morgan fingerprint density at radius 1 is 1.35 bits per heavy atom. The number of anilines is 2. The molecule has 1 aromatic heterocycles. The van der Waals surface area contributed by atoms with Gasteiger partial charge in [-0.05, 0) is 19.8 Å². The first kappa shape index (κ1) is 12.4. The molecule has 0 atom stereocenters. The highest BCUT2D eigenvalue weighted by atomic mass is 35.5. The van der Waals surface area contributed by atoms with Crippen LogP contribution in [0.3, 0.4) is 0 Å². The molecule has 1 heterocycles. The molecule has 17 heavy (non-hydrogen) atoms. The molecule has 2 rings (SSSR count). The largest absolute Gasteiger partial charge is 0.364 e. The first-order valence-electron chi connectivity index (χ1n) is 5.90. The molecule has 1 aliphatic rings. The zero-order valence-corrected chi connectivity index (χ0v) is 10.7. The van der Waals surface area contributed by atoms with E-state index >= 15 is 0 Å². The molecular formula is C11H18ClN5. The van der Waals surface area contributed by atoms with Crippen LogP contribution in [-0.4, -0.2) is 15.5 Å². The second kappa shape index (κ2) is 5.06. The standard InChI is InChI=1S/C11H18ClN5/c1-11(5-3-2-4-6-11)16-9-8(12)7-14-10(15-9)17-13/h7H,2-6,13H2,1H3,(H2,14,15,16,17). The molecule has 1 aliphatic carbocycles. The topological polar surface area (TPSA) is 75.9 Å². The first-order valence-corrected chi connectivity index (χ1v) is 6.28. The van der Waals surface area contributed by atoms with Gasteiger partial charge in [0.05, 0.1) is 6.20 Å². The van der Waals surface area contributed by atoms with E-state index < -0.39 is 0 Å². The van der Waals surface area contributed by atoms with Gasteiger partial charge in [-0.25, -0.2) is 10.8 Å². The van der Waals surface area contributed by atoms with Crippen molar-refractivity contribution in [2.75, 3.05) is 10.7 Å². The summed E-state index contributed by atoms with van der Waals surface area (Å²) >= 11 is 6.08. The van der Waals surface area contributed by atoms with Gasteiger partial charge in [0.25, 0.3) is 0 Å². The van der Waals surface area contributed by atoms with E-state index in [2.05, 4.69) is 27.6 Å². The highest BCUT2D eigenvalue weighted by Gasteiger charge is 2.27. The summed E-state index contributed by atoms with van der Waals surface area (Å²) in [5, 5.41) is 3.95. The van der Waals surface area contributed by atoms with Gasteiger partial charge in [-0.15, -0.1) is 0 Å². The van der Waals surface area contributed by atoms with Crippen LogP contribution in [0.2, 0.25) is 5.02 Å². The Bertz CT molecular complexity index is 389. The van der Waals surface area contributed by atoms with Crippen molar-refractivity contribution in [1.29, 1.82) is 0 Å². The number of rotatable bonds is 3. The van der Waals surface area contributed by atoms with E-state index in [1.807, 2.05) is 0 Å². The Morgan fingerprint density at radius 3 is 2.71 bits per heavy atom. The first-order chi connectivity index (χ1) is 8.13. The maximum atomic E-state index is 6.08. The molecule has 1 saturated carbocycles. The van der Waals surface area contributed by atoms with Gasteiger partial charge >= 0.3 is 0 Å². The number of nitrogens with one attached hydrogen (secondary N) is 2. The van der Waals surface area contributed by atoms with Crippen molar-refractivity contribution >= 4 is 23.4 Å². The fourth-order valence-corrected chi connectivity index (χ4v) is 2.41. The summed E-state index contributed by atoms with van der Waals surface area (Å²) in [6.45, 7) is 2.21. The fourth-order valence-electron chi connectivity index (χ4n) is 2.27. The van der Waals surface area contributed by atoms with Gasteiger partial charge in [0, 0.05) is 5.54 Å². The quantitative estimate of drug-likeness (QED) is 0.572. The Labute approximate surface area is 106 Å². The van der Waals surface area contributed by atoms with E-state index in [0.29, 0.717) is 16.8 Å². The molecule has 6 heteroatoms. The van der Waals surface area contributed by atoms with Crippen LogP contribution in [-0.2, 0) is 0 Å². The second-order valence-electron chi connectivity index (χ2n) is 4.78. The summed E-state index contributed by atoms with van der Waals surface area (Å²) in [5.74, 6) is 6.31. The van der Waals surface area contributed by atoms with Gasteiger partial charge in [-0.2, -0.15) is 4.98 Å². The van der Waals surface area contributed by atoms with Crippen molar-refractivity contribution in [3.8, 4) is 0 Å². The predicted molar refractivity (Wildman–Crippen MR) is 70.0 cm³/mol. The van der Waals surface area contributed by atoms with Gasteiger partial charge in [-0.3, -0.25) is 5.43 Å². The third-order valence-corrected chi connectivity index (χ3v) is 3.53. The zero-order chi connectivity index (χ0) is 12.3. The van der Waals surface area contributed by atoms with Crippen molar-refractivity contribution in [2.24, 2.45) is 5.84 Å². The fraction of sp³-hybridized carbons (Fsp3) is 0.636. The lowest BCUT2D eigenvalue weighted by molar-refractivity contribution is 0.348. The van der Waals surface area contributed by atoms with Crippen molar-refractivity contribution in [2.45, 2.75) is 44.6 Å². The molecule has 0 aromatic carbocycles. The van der Waals surface area contributed by atoms with Crippen LogP contribution in [0.4, 0.5) is 11.8 Å². The van der Waals surface area contributed by atoms with E-state index in [1.54, 1.807) is 6.20 Å². The molecule has 4 N–H and O–H groups in total. The van der Waals surface area contributed by atoms with Crippen molar-refractivity contribution in [3.63, 3.8) is 0 Å². The SMILES string of the molecule is CC1(Nc2nc(NN)ncc2Cl)CCCCC1. The van der Waals surface area contributed by atoms with Crippen LogP contribution in [0.15, 0.2) is 6.20 Å². The summed E-state index contributed by atoms with van der Waals surface area (Å²) in [6.07, 6.45) is 7.63. The maximum Gasteiger partial charge on any atom is 0.239 e. The van der Waals surface area contributed by atoms with Crippen LogP contribution < -0.4 is 16.6 Å². The van der Waals surface area contributed by atoms with E-state index in [9.17, 15) is 0 Å². The van der Waals surface area contributed by atoms with Crippen LogP contribution in [0.25, 0.3) is 0 Å². The molecule has 1 fully saturated rings. The molecule has 1 aromatic rings. The minimum Gasteiger partial charge on any atom is -0.364 e. The number of hydrogen-bond donors (Lipinski definition) is 3. The van der Waals surface area contributed by atoms with E-state index in [0.717, 1.165) is 12.8 Å². The lowest BCUT2D eigenvalue weighted by atomic mass is 9.83. The monoisotopic (exact) mass is 255 g/mol. The lowest BCUT2D eigenvalue weighted by Gasteiger charge is -2.35. The van der Waals surface area contributed by atoms with Crippen LogP contribution in [0.1, 0.15) is 39.0 Å². The Kier molecular flexibility index (Phi) is 3.69. The minimum absolute atomic E-state index is 0.0715. The molecule has 5 nitrogen and oxygen atoms in total. The third-order valence-electron chi connectivity index (χ3n) is 3.25. The number of aromatic nitrogens is 2. The van der Waals surface area contributed by atoms with Crippen molar-refractivity contribution < 1.29 is 0 Å². The highest BCUT2D eigenvalue weighted by Crippen LogP contribution is 2.32. The minimum atomic E-state index is 0.0715. The average molecular weight is 256 g/mol. The van der Waals surface area contributed by atoms with Crippen molar-refractivity contribution in [3.05, 3.63) is 11.2 Å². The number of nitrogen functional groups attached to an aromatic ring is 1. The van der Waals surface area contributed by atoms with Gasteiger partial charge in [0.1, 0.15) is 5.02 Å². The highest BCUT2D eigenvalue weighted by molar-refractivity contribution is 6.32. The van der Waals surface area contributed by atoms with Crippen LogP contribution in [0.5, 0.6) is 0 Å². The van der Waals surface area contributed by atoms with E-state index in [1.165, 1.54) is 19.3 Å². The lowest BCUT2D eigenvalue weighted by Crippen LogP contribution is -2.37. The summed E-state index contributed by atoms with van der Waals surface area (Å²) in [5.41, 5.74) is 2.50. The van der Waals surface area contributed by atoms with Gasteiger partial charge in [0.15, 0.2) is 5.82 Å². The molecule has 0 unspecified atom stereocenters. The van der Waals surface area contributed by atoms with Gasteiger partial charge in [0.2, 0.25) is 5.95 Å². The number of nitrogens with zero attached hydrogens (tertiary/aromatic N) is 2. The van der Waals surface area contributed by atoms with E-state index in [-0.39, 0.29) is 5.54 Å². The zero-order valence-electron chi connectivity index (χ0n) is 9.96. The van der Waals surface area contributed by atoms with Gasteiger partial charge < -0.3 is 5.32 Å². The van der Waals surface area contributed by atoms with Crippen LogP contribution >= 0.6 is 11.6 Å². The molecule has 0 saturated heterocycles. The molecule has 0 bridgehead atoms. The molecule has 0 spiro atoms. The molecular weight excluding hydrogens is 238 g/mol.